The zero-order valence-corrected chi connectivity index (χ0v) is 20.0. The second-order valence-corrected chi connectivity index (χ2v) is 14.9. The molecule has 0 aliphatic rings. The van der Waals surface area contributed by atoms with Gasteiger partial charge in [0.05, 0.1) is 0 Å². The Morgan fingerprint density at radius 3 is 1.33 bits per heavy atom. The van der Waals surface area contributed by atoms with Crippen LogP contribution in [0.1, 0.15) is 11.1 Å². The normalized spacial score (nSPS) is 11.6. The lowest BCUT2D eigenvalue weighted by atomic mass is 10.2. The molecule has 150 valence electrons. The molecule has 0 aromatic heterocycles. The van der Waals surface area contributed by atoms with Crippen LogP contribution in [0.25, 0.3) is 0 Å². The molecule has 0 atom stereocenters. The van der Waals surface area contributed by atoms with Crippen molar-refractivity contribution < 1.29 is 0 Å². The maximum Gasteiger partial charge on any atom is 0.0152 e. The molecule has 0 amide bonds. The van der Waals surface area contributed by atoms with E-state index in [2.05, 4.69) is 123 Å². The average molecular weight is 445 g/mol. The molecule has 0 nitrogen and oxygen atoms in total. The van der Waals surface area contributed by atoms with Crippen molar-refractivity contribution in [3.8, 4) is 0 Å². The molecular weight excluding hydrogens is 418 g/mol. The molecule has 4 rings (SSSR count). The third-order valence-corrected chi connectivity index (χ3v) is 15.0. The summed E-state index contributed by atoms with van der Waals surface area (Å²) in [5.41, 5.74) is 2.71. The summed E-state index contributed by atoms with van der Waals surface area (Å²) in [4.78, 5) is 0. The molecule has 0 spiro atoms. The monoisotopic (exact) mass is 444 g/mol. The Hall–Kier alpha value is -2.04. The van der Waals surface area contributed by atoms with Crippen LogP contribution in [0.3, 0.4) is 0 Å². The Morgan fingerprint density at radius 1 is 0.567 bits per heavy atom. The summed E-state index contributed by atoms with van der Waals surface area (Å²) in [5.74, 6) is 1.00. The van der Waals surface area contributed by atoms with Crippen LogP contribution in [-0.4, -0.2) is 5.90 Å². The predicted molar refractivity (Wildman–Crippen MR) is 140 cm³/mol. The van der Waals surface area contributed by atoms with Crippen molar-refractivity contribution >= 4 is 47.0 Å². The third-order valence-electron chi connectivity index (χ3n) is 5.50. The van der Waals surface area contributed by atoms with Gasteiger partial charge in [-0.05, 0) is 54.1 Å². The molecule has 30 heavy (non-hydrogen) atoms. The quantitative estimate of drug-likeness (QED) is 0.338. The van der Waals surface area contributed by atoms with E-state index in [1.807, 2.05) is 0 Å². The summed E-state index contributed by atoms with van der Waals surface area (Å²) >= 11 is 6.62. The smallest absolute Gasteiger partial charge is 0.0152 e. The van der Waals surface area contributed by atoms with Gasteiger partial charge >= 0.3 is 0 Å². The van der Waals surface area contributed by atoms with E-state index in [0.717, 1.165) is 5.90 Å². The Morgan fingerprint density at radius 2 is 0.933 bits per heavy atom. The van der Waals surface area contributed by atoms with E-state index in [1.54, 1.807) is 0 Å². The largest absolute Gasteiger partial charge is 0.0872 e. The second kappa shape index (κ2) is 9.40. The van der Waals surface area contributed by atoms with Crippen molar-refractivity contribution in [2.45, 2.75) is 13.8 Å². The van der Waals surface area contributed by atoms with Gasteiger partial charge in [-0.25, -0.2) is 0 Å². The minimum Gasteiger partial charge on any atom is -0.0872 e. The Bertz CT molecular complexity index is 1080. The molecule has 0 aliphatic carbocycles. The molecule has 4 aromatic rings. The van der Waals surface area contributed by atoms with Gasteiger partial charge in [0.1, 0.15) is 0 Å². The first-order valence-electron chi connectivity index (χ1n) is 10.2. The summed E-state index contributed by atoms with van der Waals surface area (Å²) in [6.45, 7) is 4.47. The van der Waals surface area contributed by atoms with Crippen LogP contribution in [-0.2, 0) is 11.8 Å². The fraction of sp³-hybridized carbons (Fsp3) is 0.111. The first-order valence-corrected chi connectivity index (χ1v) is 14.7. The number of rotatable bonds is 6. The van der Waals surface area contributed by atoms with E-state index >= 15 is 0 Å². The Labute approximate surface area is 186 Å². The topological polar surface area (TPSA) is 0 Å². The maximum absolute atomic E-state index is 6.62. The van der Waals surface area contributed by atoms with Crippen LogP contribution >= 0.6 is 14.0 Å². The molecule has 4 aromatic carbocycles. The van der Waals surface area contributed by atoms with Gasteiger partial charge in [-0.15, -0.1) is 0 Å². The number of hydrogen-bond acceptors (Lipinski definition) is 1. The van der Waals surface area contributed by atoms with Crippen LogP contribution in [0.5, 0.6) is 0 Å². The fourth-order valence-electron chi connectivity index (χ4n) is 3.86. The van der Waals surface area contributed by atoms with Crippen molar-refractivity contribution in [2.24, 2.45) is 0 Å². The molecule has 0 N–H and O–H groups in total. The molecule has 0 heterocycles. The van der Waals surface area contributed by atoms with Gasteiger partial charge in [0.25, 0.3) is 0 Å². The molecule has 0 saturated heterocycles. The second-order valence-electron chi connectivity index (χ2n) is 7.55. The SMILES string of the molecule is Cc1ccccc1P(CP(=S)(c1ccccc1)c1ccccc1)c1ccccc1C. The van der Waals surface area contributed by atoms with E-state index < -0.39 is 14.0 Å². The highest BCUT2D eigenvalue weighted by molar-refractivity contribution is 8.24. The Kier molecular flexibility index (Phi) is 6.64. The van der Waals surface area contributed by atoms with Crippen LogP contribution in [0, 0.1) is 13.8 Å². The molecule has 0 radical (unpaired) electrons. The lowest BCUT2D eigenvalue weighted by Crippen LogP contribution is -2.24. The average Bonchev–Trinajstić information content (AvgIpc) is 2.80. The van der Waals surface area contributed by atoms with Gasteiger partial charge in [0.15, 0.2) is 0 Å². The fourth-order valence-corrected chi connectivity index (χ4v) is 13.1. The van der Waals surface area contributed by atoms with Gasteiger partial charge in [-0.3, -0.25) is 0 Å². The lowest BCUT2D eigenvalue weighted by Gasteiger charge is -2.31. The minimum atomic E-state index is -1.99. The first-order chi connectivity index (χ1) is 14.6. The summed E-state index contributed by atoms with van der Waals surface area (Å²) in [6.07, 6.45) is 0. The third kappa shape index (κ3) is 4.35. The van der Waals surface area contributed by atoms with Gasteiger partial charge < -0.3 is 0 Å². The highest BCUT2D eigenvalue weighted by atomic mass is 32.4. The van der Waals surface area contributed by atoms with E-state index in [9.17, 15) is 0 Å². The van der Waals surface area contributed by atoms with E-state index in [0.29, 0.717) is 0 Å². The van der Waals surface area contributed by atoms with Crippen molar-refractivity contribution in [2.75, 3.05) is 5.90 Å². The molecule has 0 aliphatic heterocycles. The van der Waals surface area contributed by atoms with Gasteiger partial charge in [0, 0.05) is 11.9 Å². The zero-order valence-electron chi connectivity index (χ0n) is 17.4. The molecule has 0 fully saturated rings. The van der Waals surface area contributed by atoms with Crippen molar-refractivity contribution in [3.05, 3.63) is 120 Å². The number of hydrogen-bond donors (Lipinski definition) is 0. The molecule has 0 saturated carbocycles. The van der Waals surface area contributed by atoms with E-state index in [1.165, 1.54) is 32.3 Å². The standard InChI is InChI=1S/C27H26P2S/c1-22-13-9-11-19-26(22)28(27-20-12-10-14-23(27)2)21-29(30,24-15-5-3-6-16-24)25-17-7-4-8-18-25/h3-20H,21H2,1-2H3. The molecule has 3 heteroatoms. The van der Waals surface area contributed by atoms with Crippen molar-refractivity contribution in [1.29, 1.82) is 0 Å². The highest BCUT2D eigenvalue weighted by Crippen LogP contribution is 2.55. The number of benzene rings is 4. The highest BCUT2D eigenvalue weighted by Gasteiger charge is 2.29. The van der Waals surface area contributed by atoms with Crippen molar-refractivity contribution in [3.63, 3.8) is 0 Å². The maximum atomic E-state index is 6.62. The van der Waals surface area contributed by atoms with Crippen LogP contribution in [0.2, 0.25) is 0 Å². The first kappa shape index (κ1) is 21.2. The van der Waals surface area contributed by atoms with Crippen molar-refractivity contribution in [1.82, 2.24) is 0 Å². The van der Waals surface area contributed by atoms with E-state index in [4.69, 9.17) is 11.8 Å². The van der Waals surface area contributed by atoms with Gasteiger partial charge in [-0.2, -0.15) is 0 Å². The molecular formula is C27H26P2S. The number of aryl methyl sites for hydroxylation is 2. The summed E-state index contributed by atoms with van der Waals surface area (Å²) in [6, 6.07) is 37.3. The predicted octanol–water partition coefficient (Wildman–Crippen LogP) is 5.82. The summed E-state index contributed by atoms with van der Waals surface area (Å²) < 4.78 is 0. The molecule has 0 unspecified atom stereocenters. The minimum absolute atomic E-state index is 0.583. The molecule has 0 bridgehead atoms. The zero-order chi connectivity index (χ0) is 21.0. The summed E-state index contributed by atoms with van der Waals surface area (Å²) in [7, 11) is -0.583. The van der Waals surface area contributed by atoms with E-state index in [-0.39, 0.29) is 0 Å². The van der Waals surface area contributed by atoms with Crippen LogP contribution in [0.4, 0.5) is 0 Å². The van der Waals surface area contributed by atoms with Crippen LogP contribution < -0.4 is 21.2 Å². The van der Waals surface area contributed by atoms with Gasteiger partial charge in [0.2, 0.25) is 0 Å². The van der Waals surface area contributed by atoms with Gasteiger partial charge in [-0.1, -0.05) is 121 Å². The lowest BCUT2D eigenvalue weighted by molar-refractivity contribution is 1.50. The Balaban J connectivity index is 1.91. The summed E-state index contributed by atoms with van der Waals surface area (Å²) in [5, 5.41) is 5.51. The van der Waals surface area contributed by atoms with Crippen LogP contribution in [0.15, 0.2) is 109 Å².